The lowest BCUT2D eigenvalue weighted by atomic mass is 9.87. The third-order valence-corrected chi connectivity index (χ3v) is 7.29. The van der Waals surface area contributed by atoms with Crippen molar-refractivity contribution in [1.82, 2.24) is 20.2 Å². The number of halogens is 1. The van der Waals surface area contributed by atoms with Crippen molar-refractivity contribution in [3.63, 3.8) is 0 Å². The predicted octanol–water partition coefficient (Wildman–Crippen LogP) is 4.16. The van der Waals surface area contributed by atoms with E-state index in [0.717, 1.165) is 17.7 Å². The Morgan fingerprint density at radius 2 is 2.18 bits per heavy atom. The second-order valence-electron chi connectivity index (χ2n) is 9.42. The van der Waals surface area contributed by atoms with Gasteiger partial charge in [0.05, 0.1) is 46.5 Å². The second kappa shape index (κ2) is 10.3. The van der Waals surface area contributed by atoms with Crippen LogP contribution in [-0.2, 0) is 11.2 Å². The van der Waals surface area contributed by atoms with Crippen molar-refractivity contribution in [3.05, 3.63) is 52.9 Å². The van der Waals surface area contributed by atoms with Gasteiger partial charge >= 0.3 is 0 Å². The van der Waals surface area contributed by atoms with Crippen LogP contribution >= 0.6 is 11.6 Å². The number of aromatic amines is 1. The maximum atomic E-state index is 13.0. The normalized spacial score (nSPS) is 17.9. The lowest BCUT2D eigenvalue weighted by Crippen LogP contribution is -2.63. The number of likely N-dealkylation sites (tertiary alicyclic amines) is 1. The fourth-order valence-corrected chi connectivity index (χ4v) is 5.12. The van der Waals surface area contributed by atoms with Crippen molar-refractivity contribution in [2.45, 2.75) is 32.2 Å². The van der Waals surface area contributed by atoms with E-state index in [1.54, 1.807) is 37.4 Å². The first-order valence-corrected chi connectivity index (χ1v) is 12.7. The summed E-state index contributed by atoms with van der Waals surface area (Å²) in [7, 11) is 1.54. The Labute approximate surface area is 225 Å². The highest BCUT2D eigenvalue weighted by molar-refractivity contribution is 6.32. The maximum absolute atomic E-state index is 13.0. The van der Waals surface area contributed by atoms with Gasteiger partial charge in [-0.2, -0.15) is 0 Å². The molecule has 2 aromatic heterocycles. The Morgan fingerprint density at radius 3 is 2.92 bits per heavy atom. The molecule has 2 aliphatic heterocycles. The molecule has 0 spiro atoms. The third-order valence-electron chi connectivity index (χ3n) is 6.99. The van der Waals surface area contributed by atoms with Crippen molar-refractivity contribution in [3.8, 4) is 34.6 Å². The van der Waals surface area contributed by atoms with Crippen molar-refractivity contribution in [2.24, 2.45) is 0 Å². The van der Waals surface area contributed by atoms with Gasteiger partial charge in [0.15, 0.2) is 5.75 Å². The average Bonchev–Trinajstić information content (AvgIpc) is 3.26. The van der Waals surface area contributed by atoms with Gasteiger partial charge in [-0.3, -0.25) is 14.6 Å². The number of nitrogens with zero attached hydrogens (tertiary/aromatic N) is 2. The summed E-state index contributed by atoms with van der Waals surface area (Å²) in [6.07, 6.45) is 4.76. The molecule has 0 bridgehead atoms. The van der Waals surface area contributed by atoms with Gasteiger partial charge in [0.1, 0.15) is 12.4 Å². The van der Waals surface area contributed by atoms with E-state index in [1.807, 2.05) is 25.1 Å². The number of rotatable bonds is 7. The lowest BCUT2D eigenvalue weighted by Gasteiger charge is -2.49. The number of hydrogen-bond donors (Lipinski definition) is 3. The van der Waals surface area contributed by atoms with E-state index in [0.29, 0.717) is 58.7 Å². The second-order valence-corrected chi connectivity index (χ2v) is 9.83. The van der Waals surface area contributed by atoms with Gasteiger partial charge in [-0.25, -0.2) is 0 Å². The third kappa shape index (κ3) is 4.52. The Kier molecular flexibility index (Phi) is 6.91. The van der Waals surface area contributed by atoms with Crippen molar-refractivity contribution >= 4 is 34.8 Å². The fraction of sp³-hybridized carbons (Fsp3) is 0.321. The fourth-order valence-electron chi connectivity index (χ4n) is 4.87. The van der Waals surface area contributed by atoms with Crippen LogP contribution in [0.15, 0.2) is 36.7 Å². The van der Waals surface area contributed by atoms with Gasteiger partial charge in [0.25, 0.3) is 11.8 Å². The van der Waals surface area contributed by atoms with Crippen molar-refractivity contribution < 1.29 is 19.1 Å². The number of carbonyl (C=O) groups excluding carboxylic acids is 2. The molecule has 9 nitrogen and oxygen atoms in total. The number of H-pyrrole nitrogens is 1. The molecule has 1 fully saturated rings. The Balaban J connectivity index is 1.53. The number of amides is 2. The molecule has 38 heavy (non-hydrogen) atoms. The number of para-hydroxylation sites is 1. The number of hydrogen-bond acceptors (Lipinski definition) is 6. The first-order chi connectivity index (χ1) is 18.4. The van der Waals surface area contributed by atoms with Gasteiger partial charge in [0.2, 0.25) is 0 Å². The topological polar surface area (TPSA) is 109 Å². The standard InChI is InChI=1S/C28H28ClN5O4/c1-4-6-22(35)34-14-11-28(34,2)16-38-21-15-30-12-9-17(21)24-25(23-19(32-24)10-13-31-27(23)36)33-20-8-5-7-18(29)26(20)37-3/h5,7-9,12,15,32-33H,10-11,13-14,16H2,1-3H3,(H,31,36)/t28-/m1/s1. The zero-order chi connectivity index (χ0) is 26.9. The van der Waals surface area contributed by atoms with Crippen LogP contribution in [0.3, 0.4) is 0 Å². The van der Waals surface area contributed by atoms with Crippen molar-refractivity contribution in [1.29, 1.82) is 0 Å². The Bertz CT molecular complexity index is 1470. The number of benzene rings is 1. The molecule has 3 N–H and O–H groups in total. The molecule has 1 atom stereocenters. The summed E-state index contributed by atoms with van der Waals surface area (Å²) in [6.45, 7) is 5.08. The van der Waals surface area contributed by atoms with E-state index < -0.39 is 5.54 Å². The van der Waals surface area contributed by atoms with Gasteiger partial charge in [-0.05, 0) is 44.4 Å². The monoisotopic (exact) mass is 533 g/mol. The largest absolute Gasteiger partial charge is 0.493 e. The molecule has 0 unspecified atom stereocenters. The zero-order valence-corrected chi connectivity index (χ0v) is 22.2. The predicted molar refractivity (Wildman–Crippen MR) is 145 cm³/mol. The highest BCUT2D eigenvalue weighted by Crippen LogP contribution is 2.43. The molecule has 196 valence electrons. The summed E-state index contributed by atoms with van der Waals surface area (Å²) in [6, 6.07) is 7.21. The highest BCUT2D eigenvalue weighted by Gasteiger charge is 2.44. The van der Waals surface area contributed by atoms with Gasteiger partial charge in [-0.1, -0.05) is 23.6 Å². The molecule has 3 aromatic rings. The smallest absolute Gasteiger partial charge is 0.299 e. The van der Waals surface area contributed by atoms with Crippen LogP contribution in [0, 0.1) is 11.8 Å². The molecule has 0 saturated carbocycles. The summed E-state index contributed by atoms with van der Waals surface area (Å²) in [5.41, 5.74) is 3.46. The number of anilines is 2. The Morgan fingerprint density at radius 1 is 1.34 bits per heavy atom. The number of fused-ring (bicyclic) bond motifs is 1. The molecule has 0 aliphatic carbocycles. The van der Waals surface area contributed by atoms with Crippen LogP contribution < -0.4 is 20.1 Å². The number of ether oxygens (including phenoxy) is 2. The number of carbonyl (C=O) groups is 2. The number of pyridine rings is 1. The van der Waals surface area contributed by atoms with E-state index in [1.165, 1.54) is 0 Å². The van der Waals surface area contributed by atoms with E-state index in [2.05, 4.69) is 32.4 Å². The van der Waals surface area contributed by atoms with Gasteiger partial charge in [-0.15, -0.1) is 0 Å². The van der Waals surface area contributed by atoms with E-state index in [9.17, 15) is 9.59 Å². The van der Waals surface area contributed by atoms with Crippen molar-refractivity contribution in [2.75, 3.05) is 32.1 Å². The number of nitrogens with one attached hydrogen (secondary N) is 3. The molecule has 2 aliphatic rings. The molecule has 1 aromatic carbocycles. The lowest BCUT2D eigenvalue weighted by molar-refractivity contribution is -0.141. The summed E-state index contributed by atoms with van der Waals surface area (Å²) in [5.74, 6) is 5.89. The zero-order valence-electron chi connectivity index (χ0n) is 21.4. The van der Waals surface area contributed by atoms with Crippen LogP contribution in [-0.4, -0.2) is 59.0 Å². The SMILES string of the molecule is CC#CC(=O)N1CC[C@]1(C)COc1cnccc1-c1[nH]c2c(c1Nc1cccc(Cl)c1OC)C(=O)NCC2. The molecule has 4 heterocycles. The van der Waals surface area contributed by atoms with Gasteiger partial charge in [0, 0.05) is 37.0 Å². The van der Waals surface area contributed by atoms with Crippen LogP contribution in [0.5, 0.6) is 11.5 Å². The molecule has 5 rings (SSSR count). The summed E-state index contributed by atoms with van der Waals surface area (Å²) in [5, 5.41) is 6.75. The maximum Gasteiger partial charge on any atom is 0.299 e. The number of methoxy groups -OCH3 is 1. The molecule has 10 heteroatoms. The molecule has 0 radical (unpaired) electrons. The summed E-state index contributed by atoms with van der Waals surface area (Å²) < 4.78 is 11.8. The van der Waals surface area contributed by atoms with E-state index in [4.69, 9.17) is 21.1 Å². The van der Waals surface area contributed by atoms with E-state index in [-0.39, 0.29) is 18.4 Å². The average molecular weight is 534 g/mol. The number of aromatic nitrogens is 2. The van der Waals surface area contributed by atoms with Crippen LogP contribution in [0.25, 0.3) is 11.3 Å². The van der Waals surface area contributed by atoms with E-state index >= 15 is 0 Å². The van der Waals surface area contributed by atoms with Gasteiger partial charge < -0.3 is 30.0 Å². The quantitative estimate of drug-likeness (QED) is 0.394. The minimum atomic E-state index is -0.474. The minimum absolute atomic E-state index is 0.179. The molecule has 1 saturated heterocycles. The summed E-state index contributed by atoms with van der Waals surface area (Å²) in [4.78, 5) is 34.8. The molecular formula is C28H28ClN5O4. The first-order valence-electron chi connectivity index (χ1n) is 12.3. The molecular weight excluding hydrogens is 506 g/mol. The molecule has 2 amide bonds. The van der Waals surface area contributed by atoms with Crippen LogP contribution in [0.2, 0.25) is 5.02 Å². The Hall–Kier alpha value is -4.16. The minimum Gasteiger partial charge on any atom is -0.493 e. The summed E-state index contributed by atoms with van der Waals surface area (Å²) >= 11 is 6.36. The first kappa shape index (κ1) is 25.5. The van der Waals surface area contributed by atoms with Crippen LogP contribution in [0.4, 0.5) is 11.4 Å². The van der Waals surface area contributed by atoms with Crippen LogP contribution in [0.1, 0.15) is 36.3 Å². The highest BCUT2D eigenvalue weighted by atomic mass is 35.5.